The summed E-state index contributed by atoms with van der Waals surface area (Å²) in [4.78, 5) is 10.5. The van der Waals surface area contributed by atoms with Gasteiger partial charge in [-0.05, 0) is 6.92 Å². The Bertz CT molecular complexity index is 366. The van der Waals surface area contributed by atoms with E-state index < -0.39 is 12.1 Å². The predicted molar refractivity (Wildman–Crippen MR) is 61.9 cm³/mol. The molecule has 5 heteroatoms. The monoisotopic (exact) mass is 240 g/mol. The number of carboxylic acid groups (broad SMARTS) is 1. The molecule has 1 atom stereocenters. The maximum Gasteiger partial charge on any atom is 0.307 e. The Hall–Kier alpha value is -1.91. The lowest BCUT2D eigenvalue weighted by atomic mass is 10.2. The highest BCUT2D eigenvalue weighted by molar-refractivity contribution is 5.67. The van der Waals surface area contributed by atoms with E-state index >= 15 is 0 Å². The van der Waals surface area contributed by atoms with E-state index in [4.69, 9.17) is 19.3 Å². The summed E-state index contributed by atoms with van der Waals surface area (Å²) in [6, 6.07) is 5.08. The Balaban J connectivity index is 2.79. The van der Waals surface area contributed by atoms with Gasteiger partial charge in [0.1, 0.15) is 23.4 Å². The Morgan fingerprint density at radius 2 is 1.65 bits per heavy atom. The minimum absolute atomic E-state index is 0.0560. The van der Waals surface area contributed by atoms with Crippen molar-refractivity contribution in [1.29, 1.82) is 0 Å². The maximum atomic E-state index is 10.5. The molecule has 0 aromatic heterocycles. The molecule has 0 spiro atoms. The van der Waals surface area contributed by atoms with Crippen molar-refractivity contribution in [3.05, 3.63) is 18.2 Å². The third-order valence-electron chi connectivity index (χ3n) is 2.12. The first-order chi connectivity index (χ1) is 8.05. The number of hydrogen-bond acceptors (Lipinski definition) is 4. The summed E-state index contributed by atoms with van der Waals surface area (Å²) in [7, 11) is 3.08. The number of benzene rings is 1. The average Bonchev–Trinajstić information content (AvgIpc) is 2.27. The fraction of sp³-hybridized carbons (Fsp3) is 0.417. The number of hydrogen-bond donors (Lipinski definition) is 1. The lowest BCUT2D eigenvalue weighted by molar-refractivity contribution is -0.138. The highest BCUT2D eigenvalue weighted by atomic mass is 16.5. The van der Waals surface area contributed by atoms with Crippen LogP contribution in [0.4, 0.5) is 0 Å². The number of rotatable bonds is 6. The molecule has 1 aromatic rings. The molecule has 0 saturated heterocycles. The summed E-state index contributed by atoms with van der Waals surface area (Å²) in [6.45, 7) is 1.69. The van der Waals surface area contributed by atoms with Crippen molar-refractivity contribution in [3.8, 4) is 17.2 Å². The first kappa shape index (κ1) is 13.2. The van der Waals surface area contributed by atoms with Crippen LogP contribution in [0.2, 0.25) is 0 Å². The van der Waals surface area contributed by atoms with Gasteiger partial charge >= 0.3 is 5.97 Å². The SMILES string of the molecule is COc1cc(OC)cc(OC(C)CC(=O)O)c1. The molecule has 0 aliphatic rings. The topological polar surface area (TPSA) is 65.0 Å². The van der Waals surface area contributed by atoms with Crippen molar-refractivity contribution < 1.29 is 24.1 Å². The minimum atomic E-state index is -0.896. The van der Waals surface area contributed by atoms with E-state index in [1.165, 1.54) is 0 Å². The molecule has 0 amide bonds. The normalized spacial score (nSPS) is 11.7. The maximum absolute atomic E-state index is 10.5. The Morgan fingerprint density at radius 3 is 2.06 bits per heavy atom. The van der Waals surface area contributed by atoms with Gasteiger partial charge in [-0.25, -0.2) is 0 Å². The summed E-state index contributed by atoms with van der Waals surface area (Å²) in [5, 5.41) is 8.63. The largest absolute Gasteiger partial charge is 0.496 e. The number of aliphatic carboxylic acids is 1. The van der Waals surface area contributed by atoms with E-state index in [-0.39, 0.29) is 6.42 Å². The molecular weight excluding hydrogens is 224 g/mol. The molecular formula is C12H16O5. The molecule has 0 heterocycles. The van der Waals surface area contributed by atoms with E-state index in [2.05, 4.69) is 0 Å². The summed E-state index contributed by atoms with van der Waals surface area (Å²) in [5.74, 6) is 0.825. The zero-order chi connectivity index (χ0) is 12.8. The van der Waals surface area contributed by atoms with Crippen molar-refractivity contribution in [2.45, 2.75) is 19.4 Å². The van der Waals surface area contributed by atoms with E-state index in [1.54, 1.807) is 39.3 Å². The molecule has 0 fully saturated rings. The van der Waals surface area contributed by atoms with Crippen LogP contribution in [0.1, 0.15) is 13.3 Å². The van der Waals surface area contributed by atoms with Gasteiger partial charge in [-0.3, -0.25) is 4.79 Å². The second kappa shape index (κ2) is 5.98. The van der Waals surface area contributed by atoms with Crippen LogP contribution in [-0.4, -0.2) is 31.4 Å². The molecule has 0 saturated carbocycles. The molecule has 0 aliphatic carbocycles. The van der Waals surface area contributed by atoms with Gasteiger partial charge in [0.25, 0.3) is 0 Å². The van der Waals surface area contributed by atoms with Crippen molar-refractivity contribution in [1.82, 2.24) is 0 Å². The lowest BCUT2D eigenvalue weighted by Gasteiger charge is -2.14. The van der Waals surface area contributed by atoms with Gasteiger partial charge in [0, 0.05) is 18.2 Å². The third kappa shape index (κ3) is 4.22. The van der Waals surface area contributed by atoms with E-state index in [1.807, 2.05) is 0 Å². The van der Waals surface area contributed by atoms with Crippen LogP contribution < -0.4 is 14.2 Å². The molecule has 94 valence electrons. The summed E-state index contributed by atoms with van der Waals surface area (Å²) in [5.41, 5.74) is 0. The van der Waals surface area contributed by atoms with Crippen LogP contribution >= 0.6 is 0 Å². The predicted octanol–water partition coefficient (Wildman–Crippen LogP) is 1.95. The second-order valence-electron chi connectivity index (χ2n) is 3.57. The lowest BCUT2D eigenvalue weighted by Crippen LogP contribution is -2.16. The molecule has 0 bridgehead atoms. The average molecular weight is 240 g/mol. The van der Waals surface area contributed by atoms with Gasteiger partial charge in [0.05, 0.1) is 20.6 Å². The van der Waals surface area contributed by atoms with Crippen LogP contribution in [-0.2, 0) is 4.79 Å². The van der Waals surface area contributed by atoms with Crippen molar-refractivity contribution in [2.24, 2.45) is 0 Å². The van der Waals surface area contributed by atoms with Crippen LogP contribution in [0.25, 0.3) is 0 Å². The fourth-order valence-corrected chi connectivity index (χ4v) is 1.37. The van der Waals surface area contributed by atoms with Gasteiger partial charge in [-0.1, -0.05) is 0 Å². The zero-order valence-corrected chi connectivity index (χ0v) is 10.1. The van der Waals surface area contributed by atoms with E-state index in [0.717, 1.165) is 0 Å². The van der Waals surface area contributed by atoms with Crippen molar-refractivity contribution >= 4 is 5.97 Å². The first-order valence-electron chi connectivity index (χ1n) is 5.16. The van der Waals surface area contributed by atoms with Gasteiger partial charge in [-0.2, -0.15) is 0 Å². The van der Waals surface area contributed by atoms with Crippen LogP contribution in [0.3, 0.4) is 0 Å². The Morgan fingerprint density at radius 1 is 1.18 bits per heavy atom. The van der Waals surface area contributed by atoms with Gasteiger partial charge in [0.15, 0.2) is 0 Å². The quantitative estimate of drug-likeness (QED) is 0.823. The zero-order valence-electron chi connectivity index (χ0n) is 10.1. The Kier molecular flexibility index (Phi) is 4.63. The van der Waals surface area contributed by atoms with Crippen LogP contribution in [0.15, 0.2) is 18.2 Å². The number of carboxylic acids is 1. The molecule has 5 nitrogen and oxygen atoms in total. The van der Waals surface area contributed by atoms with Gasteiger partial charge in [0.2, 0.25) is 0 Å². The first-order valence-corrected chi connectivity index (χ1v) is 5.16. The smallest absolute Gasteiger partial charge is 0.307 e. The fourth-order valence-electron chi connectivity index (χ4n) is 1.37. The number of ether oxygens (including phenoxy) is 3. The van der Waals surface area contributed by atoms with E-state index in [0.29, 0.717) is 17.2 Å². The molecule has 1 N–H and O–H groups in total. The van der Waals surface area contributed by atoms with Crippen molar-refractivity contribution in [3.63, 3.8) is 0 Å². The highest BCUT2D eigenvalue weighted by Crippen LogP contribution is 2.28. The number of methoxy groups -OCH3 is 2. The number of carbonyl (C=O) groups is 1. The van der Waals surface area contributed by atoms with E-state index in [9.17, 15) is 4.79 Å². The summed E-state index contributed by atoms with van der Waals surface area (Å²) < 4.78 is 15.6. The molecule has 1 rings (SSSR count). The van der Waals surface area contributed by atoms with Crippen LogP contribution in [0, 0.1) is 0 Å². The second-order valence-corrected chi connectivity index (χ2v) is 3.57. The van der Waals surface area contributed by atoms with Gasteiger partial charge < -0.3 is 19.3 Å². The Labute approximate surface area is 99.9 Å². The molecule has 1 aromatic carbocycles. The molecule has 0 aliphatic heterocycles. The molecule has 0 radical (unpaired) electrons. The van der Waals surface area contributed by atoms with Crippen molar-refractivity contribution in [2.75, 3.05) is 14.2 Å². The molecule has 17 heavy (non-hydrogen) atoms. The van der Waals surface area contributed by atoms with Crippen LogP contribution in [0.5, 0.6) is 17.2 Å². The highest BCUT2D eigenvalue weighted by Gasteiger charge is 2.10. The molecule has 1 unspecified atom stereocenters. The summed E-state index contributed by atoms with van der Waals surface area (Å²) >= 11 is 0. The third-order valence-corrected chi connectivity index (χ3v) is 2.12. The minimum Gasteiger partial charge on any atom is -0.496 e. The van der Waals surface area contributed by atoms with Gasteiger partial charge in [-0.15, -0.1) is 0 Å². The summed E-state index contributed by atoms with van der Waals surface area (Å²) in [6.07, 6.45) is -0.469. The standard InChI is InChI=1S/C12H16O5/c1-8(4-12(13)14)17-11-6-9(15-2)5-10(7-11)16-3/h5-8H,4H2,1-3H3,(H,13,14).